The third kappa shape index (κ3) is 3.05. The van der Waals surface area contributed by atoms with Gasteiger partial charge in [0.2, 0.25) is 0 Å². The Labute approximate surface area is 99.5 Å². The van der Waals surface area contributed by atoms with Crippen molar-refractivity contribution >= 4 is 0 Å². The third-order valence-electron chi connectivity index (χ3n) is 3.23. The summed E-state index contributed by atoms with van der Waals surface area (Å²) in [7, 11) is 2.03. The van der Waals surface area contributed by atoms with Gasteiger partial charge in [-0.25, -0.2) is 0 Å². The van der Waals surface area contributed by atoms with Crippen molar-refractivity contribution in [2.75, 3.05) is 7.05 Å². The van der Waals surface area contributed by atoms with Crippen molar-refractivity contribution in [3.8, 4) is 0 Å². The molecule has 2 atom stereocenters. The van der Waals surface area contributed by atoms with Crippen molar-refractivity contribution in [3.63, 3.8) is 0 Å². The lowest BCUT2D eigenvalue weighted by Gasteiger charge is -2.24. The maximum atomic E-state index is 4.56. The van der Waals surface area contributed by atoms with E-state index in [0.29, 0.717) is 12.0 Å². The molecule has 0 aliphatic carbocycles. The van der Waals surface area contributed by atoms with E-state index in [1.165, 1.54) is 24.1 Å². The fourth-order valence-electron chi connectivity index (χ4n) is 2.34. The third-order valence-corrected chi connectivity index (χ3v) is 3.23. The molecule has 1 aromatic heterocycles. The average Bonchev–Trinajstić information content (AvgIpc) is 2.31. The molecule has 2 nitrogen and oxygen atoms in total. The average molecular weight is 220 g/mol. The van der Waals surface area contributed by atoms with Crippen LogP contribution in [0.15, 0.2) is 18.3 Å². The number of aromatic nitrogens is 1. The lowest BCUT2D eigenvalue weighted by molar-refractivity contribution is 0.375. The number of hydrogen-bond donors (Lipinski definition) is 1. The van der Waals surface area contributed by atoms with Crippen LogP contribution in [0.5, 0.6) is 0 Å². The zero-order chi connectivity index (χ0) is 12.0. The zero-order valence-electron chi connectivity index (χ0n) is 11.0. The lowest BCUT2D eigenvalue weighted by Crippen LogP contribution is -2.25. The van der Waals surface area contributed by atoms with Crippen LogP contribution in [-0.4, -0.2) is 12.0 Å². The molecule has 0 fully saturated rings. The van der Waals surface area contributed by atoms with E-state index < -0.39 is 0 Å². The van der Waals surface area contributed by atoms with E-state index in [4.69, 9.17) is 0 Å². The van der Waals surface area contributed by atoms with E-state index >= 15 is 0 Å². The molecule has 0 saturated heterocycles. The van der Waals surface area contributed by atoms with Crippen molar-refractivity contribution in [1.29, 1.82) is 0 Å². The SMILES string of the molecule is CCCC(C)C(NC)c1ncccc1CC. The highest BCUT2D eigenvalue weighted by molar-refractivity contribution is 5.23. The summed E-state index contributed by atoms with van der Waals surface area (Å²) in [5.74, 6) is 0.634. The summed E-state index contributed by atoms with van der Waals surface area (Å²) in [4.78, 5) is 4.56. The molecule has 0 spiro atoms. The van der Waals surface area contributed by atoms with Crippen molar-refractivity contribution in [1.82, 2.24) is 10.3 Å². The molecule has 0 aliphatic heterocycles. The number of aryl methyl sites for hydroxylation is 1. The maximum Gasteiger partial charge on any atom is 0.0607 e. The summed E-state index contributed by atoms with van der Waals surface area (Å²) >= 11 is 0. The minimum atomic E-state index is 0.385. The largest absolute Gasteiger partial charge is 0.311 e. The summed E-state index contributed by atoms with van der Waals surface area (Å²) in [6.45, 7) is 6.74. The first kappa shape index (κ1) is 13.2. The van der Waals surface area contributed by atoms with Crippen molar-refractivity contribution < 1.29 is 0 Å². The Morgan fingerprint density at radius 1 is 1.38 bits per heavy atom. The molecule has 1 aromatic rings. The fourth-order valence-corrected chi connectivity index (χ4v) is 2.34. The first-order valence-electron chi connectivity index (χ1n) is 6.35. The van der Waals surface area contributed by atoms with E-state index in [9.17, 15) is 0 Å². The standard InChI is InChI=1S/C14H24N2/c1-5-8-11(3)13(15-4)14-12(6-2)9-7-10-16-14/h7,9-11,13,15H,5-6,8H2,1-4H3. The molecule has 0 saturated carbocycles. The molecule has 1 heterocycles. The molecule has 0 bridgehead atoms. The first-order valence-corrected chi connectivity index (χ1v) is 6.35. The number of nitrogens with zero attached hydrogens (tertiary/aromatic N) is 1. The highest BCUT2D eigenvalue weighted by Gasteiger charge is 2.20. The second kappa shape index (κ2) is 6.64. The van der Waals surface area contributed by atoms with Gasteiger partial charge in [0.15, 0.2) is 0 Å². The summed E-state index contributed by atoms with van der Waals surface area (Å²) in [5, 5.41) is 3.42. The molecule has 1 N–H and O–H groups in total. The van der Waals surface area contributed by atoms with E-state index in [2.05, 4.69) is 37.1 Å². The van der Waals surface area contributed by atoms with Gasteiger partial charge in [0, 0.05) is 6.20 Å². The molecule has 2 unspecified atom stereocenters. The van der Waals surface area contributed by atoms with Gasteiger partial charge in [-0.3, -0.25) is 4.98 Å². The molecule has 0 aliphatic rings. The van der Waals surface area contributed by atoms with Gasteiger partial charge >= 0.3 is 0 Å². The van der Waals surface area contributed by atoms with Crippen LogP contribution < -0.4 is 5.32 Å². The predicted octanol–water partition coefficient (Wildman–Crippen LogP) is 3.34. The van der Waals surface area contributed by atoms with Gasteiger partial charge in [0.05, 0.1) is 11.7 Å². The Morgan fingerprint density at radius 3 is 2.69 bits per heavy atom. The normalized spacial score (nSPS) is 14.8. The predicted molar refractivity (Wildman–Crippen MR) is 69.5 cm³/mol. The van der Waals surface area contributed by atoms with E-state index in [-0.39, 0.29) is 0 Å². The summed E-state index contributed by atoms with van der Waals surface area (Å²) < 4.78 is 0. The Bertz CT molecular complexity index is 309. The Hall–Kier alpha value is -0.890. The topological polar surface area (TPSA) is 24.9 Å². The molecule has 0 radical (unpaired) electrons. The Balaban J connectivity index is 2.93. The minimum absolute atomic E-state index is 0.385. The fraction of sp³-hybridized carbons (Fsp3) is 0.643. The van der Waals surface area contributed by atoms with Crippen LogP contribution in [0.4, 0.5) is 0 Å². The number of pyridine rings is 1. The molecular weight excluding hydrogens is 196 g/mol. The van der Waals surface area contributed by atoms with Crippen LogP contribution >= 0.6 is 0 Å². The first-order chi connectivity index (χ1) is 7.74. The molecule has 2 heteroatoms. The molecule has 0 aromatic carbocycles. The molecular formula is C14H24N2. The zero-order valence-corrected chi connectivity index (χ0v) is 11.0. The lowest BCUT2D eigenvalue weighted by atomic mass is 9.91. The van der Waals surface area contributed by atoms with Crippen LogP contribution in [0, 0.1) is 5.92 Å². The highest BCUT2D eigenvalue weighted by Crippen LogP contribution is 2.26. The van der Waals surface area contributed by atoms with E-state index in [1.807, 2.05) is 19.3 Å². The monoisotopic (exact) mass is 220 g/mol. The smallest absolute Gasteiger partial charge is 0.0607 e. The van der Waals surface area contributed by atoms with Crippen LogP contribution in [0.1, 0.15) is 50.9 Å². The van der Waals surface area contributed by atoms with Crippen LogP contribution in [0.3, 0.4) is 0 Å². The van der Waals surface area contributed by atoms with Gasteiger partial charge in [-0.05, 0) is 37.4 Å². The number of nitrogens with one attached hydrogen (secondary N) is 1. The minimum Gasteiger partial charge on any atom is -0.311 e. The van der Waals surface area contributed by atoms with Crippen molar-refractivity contribution in [2.45, 2.75) is 46.1 Å². The molecule has 1 rings (SSSR count). The second-order valence-electron chi connectivity index (χ2n) is 4.43. The van der Waals surface area contributed by atoms with Gasteiger partial charge < -0.3 is 5.32 Å². The van der Waals surface area contributed by atoms with Gasteiger partial charge in [0.1, 0.15) is 0 Å². The van der Waals surface area contributed by atoms with Crippen LogP contribution in [0.2, 0.25) is 0 Å². The summed E-state index contributed by atoms with van der Waals surface area (Å²) in [6, 6.07) is 4.60. The second-order valence-corrected chi connectivity index (χ2v) is 4.43. The summed E-state index contributed by atoms with van der Waals surface area (Å²) in [6.07, 6.45) is 5.43. The van der Waals surface area contributed by atoms with Gasteiger partial charge in [-0.15, -0.1) is 0 Å². The number of rotatable bonds is 6. The van der Waals surface area contributed by atoms with Gasteiger partial charge in [-0.1, -0.05) is 33.3 Å². The van der Waals surface area contributed by atoms with Crippen LogP contribution in [0.25, 0.3) is 0 Å². The van der Waals surface area contributed by atoms with Gasteiger partial charge in [0.25, 0.3) is 0 Å². The van der Waals surface area contributed by atoms with Crippen molar-refractivity contribution in [2.24, 2.45) is 5.92 Å². The Kier molecular flexibility index (Phi) is 5.47. The van der Waals surface area contributed by atoms with E-state index in [1.54, 1.807) is 0 Å². The number of hydrogen-bond acceptors (Lipinski definition) is 2. The van der Waals surface area contributed by atoms with E-state index in [0.717, 1.165) is 6.42 Å². The van der Waals surface area contributed by atoms with Crippen molar-refractivity contribution in [3.05, 3.63) is 29.6 Å². The molecule has 90 valence electrons. The molecule has 16 heavy (non-hydrogen) atoms. The quantitative estimate of drug-likeness (QED) is 0.795. The van der Waals surface area contributed by atoms with Crippen LogP contribution in [-0.2, 0) is 6.42 Å². The molecule has 0 amide bonds. The summed E-state index contributed by atoms with van der Waals surface area (Å²) in [5.41, 5.74) is 2.60. The van der Waals surface area contributed by atoms with Gasteiger partial charge in [-0.2, -0.15) is 0 Å². The highest BCUT2D eigenvalue weighted by atomic mass is 14.9. The Morgan fingerprint density at radius 2 is 2.12 bits per heavy atom. The maximum absolute atomic E-state index is 4.56.